The summed E-state index contributed by atoms with van der Waals surface area (Å²) in [6.45, 7) is 8.52. The molecule has 0 radical (unpaired) electrons. The van der Waals surface area contributed by atoms with E-state index in [-0.39, 0.29) is 41.7 Å². The van der Waals surface area contributed by atoms with Crippen LogP contribution in [0.15, 0.2) is 29.3 Å². The third-order valence-electron chi connectivity index (χ3n) is 4.23. The number of aliphatic imine (C=N–C) groups is 1. The number of carbonyl (C=O) groups excluding carboxylic acids is 2. The predicted octanol–water partition coefficient (Wildman–Crippen LogP) is 2.87. The van der Waals surface area contributed by atoms with Crippen molar-refractivity contribution in [3.8, 4) is 0 Å². The van der Waals surface area contributed by atoms with Crippen molar-refractivity contribution in [1.29, 1.82) is 0 Å². The Bertz CT molecular complexity index is 689. The van der Waals surface area contributed by atoms with E-state index in [1.165, 1.54) is 0 Å². The van der Waals surface area contributed by atoms with Gasteiger partial charge in [-0.1, -0.05) is 26.0 Å². The van der Waals surface area contributed by atoms with Crippen LogP contribution in [0.3, 0.4) is 0 Å². The van der Waals surface area contributed by atoms with Crippen LogP contribution in [-0.4, -0.2) is 37.4 Å². The number of hydrogen-bond acceptors (Lipinski definition) is 3. The van der Waals surface area contributed by atoms with Crippen LogP contribution in [0.5, 0.6) is 0 Å². The van der Waals surface area contributed by atoms with Crippen LogP contribution in [0.2, 0.25) is 0 Å². The number of anilines is 1. The molecule has 0 bridgehead atoms. The van der Waals surface area contributed by atoms with Crippen LogP contribution < -0.4 is 21.3 Å². The Morgan fingerprint density at radius 2 is 1.86 bits per heavy atom. The van der Waals surface area contributed by atoms with E-state index in [9.17, 15) is 9.59 Å². The molecule has 1 saturated carbocycles. The Labute approximate surface area is 190 Å². The van der Waals surface area contributed by atoms with E-state index in [1.807, 2.05) is 45.0 Å². The van der Waals surface area contributed by atoms with Gasteiger partial charge in [0.25, 0.3) is 0 Å². The molecule has 29 heavy (non-hydrogen) atoms. The molecule has 0 aromatic heterocycles. The highest BCUT2D eigenvalue weighted by atomic mass is 127. The fourth-order valence-corrected chi connectivity index (χ4v) is 2.70. The maximum atomic E-state index is 11.9. The van der Waals surface area contributed by atoms with E-state index < -0.39 is 0 Å². The Hall–Kier alpha value is -1.84. The molecule has 162 valence electrons. The molecule has 1 aromatic carbocycles. The lowest BCUT2D eigenvalue weighted by molar-refractivity contribution is -0.122. The summed E-state index contributed by atoms with van der Waals surface area (Å²) in [6.07, 6.45) is 2.54. The zero-order chi connectivity index (χ0) is 20.4. The first kappa shape index (κ1) is 25.2. The lowest BCUT2D eigenvalue weighted by Crippen LogP contribution is -2.41. The lowest BCUT2D eigenvalue weighted by atomic mass is 10.1. The van der Waals surface area contributed by atoms with Crippen LogP contribution in [0.1, 0.15) is 45.6 Å². The zero-order valence-electron chi connectivity index (χ0n) is 17.6. The highest BCUT2D eigenvalue weighted by Crippen LogP contribution is 2.28. The monoisotopic (exact) mass is 515 g/mol. The first-order valence-electron chi connectivity index (χ1n) is 10.2. The predicted molar refractivity (Wildman–Crippen MR) is 128 cm³/mol. The summed E-state index contributed by atoms with van der Waals surface area (Å²) in [7, 11) is 0. The molecule has 1 aliphatic rings. The largest absolute Gasteiger partial charge is 0.357 e. The second-order valence-electron chi connectivity index (χ2n) is 7.53. The standard InChI is InChI=1S/C21H33N5O2.HI/c1-4-22-21(24-11-10-23-20(28)17-8-9-17)25-14-16-6-5-7-18(13-16)26-19(27)12-15(2)3;/h5-7,13,15,17H,4,8-12,14H2,1-3H3,(H,23,28)(H,26,27)(H2,22,24,25);1H. The van der Waals surface area contributed by atoms with Crippen molar-refractivity contribution in [3.63, 3.8) is 0 Å². The summed E-state index contributed by atoms with van der Waals surface area (Å²) >= 11 is 0. The second-order valence-corrected chi connectivity index (χ2v) is 7.53. The molecule has 0 unspecified atom stereocenters. The van der Waals surface area contributed by atoms with Gasteiger partial charge < -0.3 is 21.3 Å². The van der Waals surface area contributed by atoms with Crippen LogP contribution in [0, 0.1) is 11.8 Å². The van der Waals surface area contributed by atoms with E-state index in [2.05, 4.69) is 26.3 Å². The molecule has 4 N–H and O–H groups in total. The van der Waals surface area contributed by atoms with Gasteiger partial charge >= 0.3 is 0 Å². The molecular weight excluding hydrogens is 481 g/mol. The highest BCUT2D eigenvalue weighted by molar-refractivity contribution is 14.0. The molecule has 7 nitrogen and oxygen atoms in total. The van der Waals surface area contributed by atoms with Crippen LogP contribution >= 0.6 is 24.0 Å². The van der Waals surface area contributed by atoms with Crippen molar-refractivity contribution < 1.29 is 9.59 Å². The van der Waals surface area contributed by atoms with Crippen LogP contribution in [-0.2, 0) is 16.1 Å². The SMILES string of the molecule is CCNC(=NCc1cccc(NC(=O)CC(C)C)c1)NCCNC(=O)C1CC1.I. The average molecular weight is 515 g/mol. The molecule has 1 aliphatic carbocycles. The zero-order valence-corrected chi connectivity index (χ0v) is 19.9. The fourth-order valence-electron chi connectivity index (χ4n) is 2.70. The number of halogens is 1. The van der Waals surface area contributed by atoms with Gasteiger partial charge in [-0.05, 0) is 43.4 Å². The van der Waals surface area contributed by atoms with Gasteiger partial charge in [-0.3, -0.25) is 9.59 Å². The molecule has 0 spiro atoms. The van der Waals surface area contributed by atoms with Gasteiger partial charge in [-0.25, -0.2) is 4.99 Å². The number of rotatable bonds is 10. The van der Waals surface area contributed by atoms with E-state index >= 15 is 0 Å². The smallest absolute Gasteiger partial charge is 0.224 e. The summed E-state index contributed by atoms with van der Waals surface area (Å²) < 4.78 is 0. The molecule has 2 rings (SSSR count). The molecule has 2 amide bonds. The Kier molecular flexibility index (Phi) is 11.6. The van der Waals surface area contributed by atoms with Gasteiger partial charge in [0.15, 0.2) is 5.96 Å². The van der Waals surface area contributed by atoms with Gasteiger partial charge in [-0.2, -0.15) is 0 Å². The van der Waals surface area contributed by atoms with Crippen molar-refractivity contribution in [2.75, 3.05) is 25.0 Å². The number of nitrogens with zero attached hydrogens (tertiary/aromatic N) is 1. The first-order valence-corrected chi connectivity index (χ1v) is 10.2. The maximum absolute atomic E-state index is 11.9. The average Bonchev–Trinajstić information content (AvgIpc) is 3.47. The lowest BCUT2D eigenvalue weighted by Gasteiger charge is -2.12. The molecule has 8 heteroatoms. The van der Waals surface area contributed by atoms with Gasteiger partial charge in [0.05, 0.1) is 6.54 Å². The highest BCUT2D eigenvalue weighted by Gasteiger charge is 2.28. The van der Waals surface area contributed by atoms with E-state index in [4.69, 9.17) is 0 Å². The molecular formula is C21H34IN5O2. The number of carbonyl (C=O) groups is 2. The summed E-state index contributed by atoms with van der Waals surface area (Å²) in [5, 5.41) is 12.3. The molecule has 1 aromatic rings. The van der Waals surface area contributed by atoms with Crippen LogP contribution in [0.25, 0.3) is 0 Å². The maximum Gasteiger partial charge on any atom is 0.224 e. The number of hydrogen-bond donors (Lipinski definition) is 4. The molecule has 0 saturated heterocycles. The van der Waals surface area contributed by atoms with Crippen molar-refractivity contribution in [2.45, 2.75) is 46.6 Å². The topological polar surface area (TPSA) is 94.6 Å². The van der Waals surface area contributed by atoms with Gasteiger partial charge in [0, 0.05) is 37.7 Å². The Morgan fingerprint density at radius 1 is 1.14 bits per heavy atom. The number of amides is 2. The summed E-state index contributed by atoms with van der Waals surface area (Å²) in [5.74, 6) is 1.45. The fraction of sp³-hybridized carbons (Fsp3) is 0.571. The minimum absolute atomic E-state index is 0. The number of guanidine groups is 1. The summed E-state index contributed by atoms with van der Waals surface area (Å²) in [6, 6.07) is 7.74. The Morgan fingerprint density at radius 3 is 2.52 bits per heavy atom. The van der Waals surface area contributed by atoms with E-state index in [0.29, 0.717) is 37.9 Å². The van der Waals surface area contributed by atoms with Gasteiger partial charge in [0.1, 0.15) is 0 Å². The molecule has 0 aliphatic heterocycles. The van der Waals surface area contributed by atoms with E-state index in [1.54, 1.807) is 0 Å². The van der Waals surface area contributed by atoms with Crippen molar-refractivity contribution in [2.24, 2.45) is 16.8 Å². The normalized spacial score (nSPS) is 13.4. The quantitative estimate of drug-likeness (QED) is 0.167. The molecule has 1 fully saturated rings. The van der Waals surface area contributed by atoms with Gasteiger partial charge in [-0.15, -0.1) is 24.0 Å². The summed E-state index contributed by atoms with van der Waals surface area (Å²) in [5.41, 5.74) is 1.81. The number of benzene rings is 1. The van der Waals surface area contributed by atoms with Gasteiger partial charge in [0.2, 0.25) is 11.8 Å². The van der Waals surface area contributed by atoms with Crippen LogP contribution in [0.4, 0.5) is 5.69 Å². The minimum Gasteiger partial charge on any atom is -0.357 e. The minimum atomic E-state index is 0. The molecule has 0 atom stereocenters. The van der Waals surface area contributed by atoms with E-state index in [0.717, 1.165) is 30.6 Å². The van der Waals surface area contributed by atoms with Crippen molar-refractivity contribution in [1.82, 2.24) is 16.0 Å². The molecule has 0 heterocycles. The third-order valence-corrected chi connectivity index (χ3v) is 4.23. The van der Waals surface area contributed by atoms with Crippen molar-refractivity contribution >= 4 is 47.4 Å². The first-order chi connectivity index (χ1) is 13.5. The number of nitrogens with one attached hydrogen (secondary N) is 4. The summed E-state index contributed by atoms with van der Waals surface area (Å²) in [4.78, 5) is 28.2. The van der Waals surface area contributed by atoms with Crippen molar-refractivity contribution in [3.05, 3.63) is 29.8 Å². The third kappa shape index (κ3) is 10.5. The second kappa shape index (κ2) is 13.4. The Balaban J connectivity index is 0.00000420.